The molecule has 0 amide bonds. The fourth-order valence-electron chi connectivity index (χ4n) is 1.31. The van der Waals surface area contributed by atoms with Gasteiger partial charge in [-0.2, -0.15) is 13.2 Å². The first-order valence-electron chi connectivity index (χ1n) is 5.31. The quantitative estimate of drug-likeness (QED) is 0.875. The Hall–Kier alpha value is -1.57. The van der Waals surface area contributed by atoms with E-state index in [-0.39, 0.29) is 24.1 Å². The molecule has 8 heteroatoms. The van der Waals surface area contributed by atoms with Gasteiger partial charge in [-0.1, -0.05) is 0 Å². The van der Waals surface area contributed by atoms with Crippen LogP contribution in [0.5, 0.6) is 0 Å². The van der Waals surface area contributed by atoms with Gasteiger partial charge in [-0.15, -0.1) is 0 Å². The van der Waals surface area contributed by atoms with Gasteiger partial charge < -0.3 is 15.4 Å². The molecule has 1 aromatic heterocycles. The van der Waals surface area contributed by atoms with Crippen LogP contribution in [-0.2, 0) is 11.3 Å². The van der Waals surface area contributed by atoms with Gasteiger partial charge in [-0.25, -0.2) is 9.97 Å². The number of hydrogen-bond donors (Lipinski definition) is 1. The largest absolute Gasteiger partial charge is 0.405 e. The molecule has 0 saturated carbocycles. The SMILES string of the molecule is CCOCc1nc(N)cc(N(C)CC(F)(F)F)n1. The van der Waals surface area contributed by atoms with E-state index >= 15 is 0 Å². The highest BCUT2D eigenvalue weighted by atomic mass is 19.4. The van der Waals surface area contributed by atoms with Crippen LogP contribution in [0.4, 0.5) is 24.8 Å². The lowest BCUT2D eigenvalue weighted by Gasteiger charge is -2.20. The molecule has 0 aromatic carbocycles. The van der Waals surface area contributed by atoms with E-state index in [0.29, 0.717) is 6.61 Å². The third kappa shape index (κ3) is 4.74. The lowest BCUT2D eigenvalue weighted by atomic mass is 10.4. The summed E-state index contributed by atoms with van der Waals surface area (Å²) in [6, 6.07) is 1.29. The van der Waals surface area contributed by atoms with Gasteiger partial charge >= 0.3 is 6.18 Å². The Morgan fingerprint density at radius 1 is 1.39 bits per heavy atom. The summed E-state index contributed by atoms with van der Waals surface area (Å²) in [5.74, 6) is 0.499. The first-order chi connectivity index (χ1) is 8.31. The lowest BCUT2D eigenvalue weighted by Crippen LogP contribution is -2.31. The first kappa shape index (κ1) is 14.5. The number of hydrogen-bond acceptors (Lipinski definition) is 5. The minimum Gasteiger partial charge on any atom is -0.384 e. The van der Waals surface area contributed by atoms with Crippen molar-refractivity contribution in [3.8, 4) is 0 Å². The molecule has 0 aliphatic heterocycles. The molecule has 102 valence electrons. The molecule has 0 fully saturated rings. The van der Waals surface area contributed by atoms with Gasteiger partial charge in [0.15, 0.2) is 5.82 Å². The Kier molecular flexibility index (Phi) is 4.71. The number of anilines is 2. The molecule has 0 spiro atoms. The zero-order valence-electron chi connectivity index (χ0n) is 10.2. The monoisotopic (exact) mass is 264 g/mol. The summed E-state index contributed by atoms with van der Waals surface area (Å²) in [4.78, 5) is 8.81. The van der Waals surface area contributed by atoms with E-state index in [2.05, 4.69) is 9.97 Å². The molecular formula is C10H15F3N4O. The summed E-state index contributed by atoms with van der Waals surface area (Å²) in [6.07, 6.45) is -4.30. The number of ether oxygens (including phenoxy) is 1. The fourth-order valence-corrected chi connectivity index (χ4v) is 1.31. The van der Waals surface area contributed by atoms with Crippen LogP contribution in [0.25, 0.3) is 0 Å². The van der Waals surface area contributed by atoms with Gasteiger partial charge in [0.25, 0.3) is 0 Å². The van der Waals surface area contributed by atoms with Crippen molar-refractivity contribution in [2.24, 2.45) is 0 Å². The van der Waals surface area contributed by atoms with Crippen molar-refractivity contribution < 1.29 is 17.9 Å². The van der Waals surface area contributed by atoms with Crippen molar-refractivity contribution >= 4 is 11.6 Å². The number of halogens is 3. The van der Waals surface area contributed by atoms with Crippen LogP contribution in [-0.4, -0.2) is 36.3 Å². The fraction of sp³-hybridized carbons (Fsp3) is 0.600. The van der Waals surface area contributed by atoms with E-state index in [9.17, 15) is 13.2 Å². The maximum atomic E-state index is 12.3. The molecule has 1 heterocycles. The molecule has 2 N–H and O–H groups in total. The predicted molar refractivity (Wildman–Crippen MR) is 61.1 cm³/mol. The number of nitrogens with two attached hydrogens (primary N) is 1. The summed E-state index contributed by atoms with van der Waals surface area (Å²) in [6.45, 7) is 1.28. The number of nitrogen functional groups attached to an aromatic ring is 1. The molecule has 1 rings (SSSR count). The van der Waals surface area contributed by atoms with E-state index in [0.717, 1.165) is 4.90 Å². The minimum absolute atomic E-state index is 0.115. The Bertz CT molecular complexity index is 397. The normalized spacial score (nSPS) is 11.6. The highest BCUT2D eigenvalue weighted by Crippen LogP contribution is 2.20. The first-order valence-corrected chi connectivity index (χ1v) is 5.31. The average molecular weight is 264 g/mol. The van der Waals surface area contributed by atoms with Gasteiger partial charge in [0.05, 0.1) is 0 Å². The van der Waals surface area contributed by atoms with Crippen LogP contribution in [0.3, 0.4) is 0 Å². The van der Waals surface area contributed by atoms with Crippen molar-refractivity contribution in [2.45, 2.75) is 19.7 Å². The standard InChI is InChI=1S/C10H15F3N4O/c1-3-18-5-8-15-7(14)4-9(16-8)17(2)6-10(11,12)13/h4H,3,5-6H2,1-2H3,(H2,14,15,16). The second-order valence-corrected chi connectivity index (χ2v) is 3.68. The number of nitrogens with zero attached hydrogens (tertiary/aromatic N) is 3. The number of rotatable bonds is 5. The van der Waals surface area contributed by atoms with E-state index < -0.39 is 12.7 Å². The van der Waals surface area contributed by atoms with E-state index in [4.69, 9.17) is 10.5 Å². The highest BCUT2D eigenvalue weighted by Gasteiger charge is 2.30. The molecule has 0 aliphatic rings. The molecule has 0 saturated heterocycles. The second-order valence-electron chi connectivity index (χ2n) is 3.68. The molecule has 0 unspecified atom stereocenters. The van der Waals surface area contributed by atoms with Crippen molar-refractivity contribution in [1.82, 2.24) is 9.97 Å². The van der Waals surface area contributed by atoms with Crippen LogP contribution in [0.15, 0.2) is 6.07 Å². The van der Waals surface area contributed by atoms with Gasteiger partial charge in [-0.05, 0) is 6.92 Å². The van der Waals surface area contributed by atoms with Crippen LogP contribution in [0.2, 0.25) is 0 Å². The minimum atomic E-state index is -4.30. The van der Waals surface area contributed by atoms with Gasteiger partial charge in [0, 0.05) is 19.7 Å². The van der Waals surface area contributed by atoms with Crippen molar-refractivity contribution in [2.75, 3.05) is 30.8 Å². The second kappa shape index (κ2) is 5.85. The smallest absolute Gasteiger partial charge is 0.384 e. The molecule has 0 aliphatic carbocycles. The van der Waals surface area contributed by atoms with Crippen LogP contribution in [0.1, 0.15) is 12.7 Å². The molecule has 5 nitrogen and oxygen atoms in total. The summed E-state index contributed by atoms with van der Waals surface area (Å²) in [7, 11) is 1.29. The maximum absolute atomic E-state index is 12.3. The maximum Gasteiger partial charge on any atom is 0.405 e. The van der Waals surface area contributed by atoms with Crippen molar-refractivity contribution in [3.63, 3.8) is 0 Å². The van der Waals surface area contributed by atoms with Crippen LogP contribution in [0, 0.1) is 0 Å². The molecular weight excluding hydrogens is 249 g/mol. The average Bonchev–Trinajstić information content (AvgIpc) is 2.23. The van der Waals surface area contributed by atoms with Gasteiger partial charge in [-0.3, -0.25) is 0 Å². The predicted octanol–water partition coefficient (Wildman–Crippen LogP) is 1.59. The van der Waals surface area contributed by atoms with Crippen molar-refractivity contribution in [1.29, 1.82) is 0 Å². The summed E-state index contributed by atoms with van der Waals surface area (Å²) in [5.41, 5.74) is 5.52. The van der Waals surface area contributed by atoms with Crippen LogP contribution >= 0.6 is 0 Å². The lowest BCUT2D eigenvalue weighted by molar-refractivity contribution is -0.119. The highest BCUT2D eigenvalue weighted by molar-refractivity contribution is 5.46. The molecule has 0 atom stereocenters. The topological polar surface area (TPSA) is 64.3 Å². The Morgan fingerprint density at radius 2 is 2.06 bits per heavy atom. The summed E-state index contributed by atoms with van der Waals surface area (Å²) < 4.78 is 41.9. The third-order valence-electron chi connectivity index (χ3n) is 2.02. The van der Waals surface area contributed by atoms with E-state index in [1.807, 2.05) is 0 Å². The Morgan fingerprint density at radius 3 is 2.61 bits per heavy atom. The van der Waals surface area contributed by atoms with E-state index in [1.54, 1.807) is 6.92 Å². The molecule has 0 bridgehead atoms. The van der Waals surface area contributed by atoms with E-state index in [1.165, 1.54) is 13.1 Å². The third-order valence-corrected chi connectivity index (χ3v) is 2.02. The molecule has 18 heavy (non-hydrogen) atoms. The van der Waals surface area contributed by atoms with Crippen LogP contribution < -0.4 is 10.6 Å². The summed E-state index contributed by atoms with van der Waals surface area (Å²) in [5, 5.41) is 0. The molecule has 1 aromatic rings. The Labute approximate surface area is 103 Å². The number of alkyl halides is 3. The number of aromatic nitrogens is 2. The van der Waals surface area contributed by atoms with Crippen molar-refractivity contribution in [3.05, 3.63) is 11.9 Å². The Balaban J connectivity index is 2.84. The molecule has 0 radical (unpaired) electrons. The summed E-state index contributed by atoms with van der Waals surface area (Å²) >= 11 is 0. The zero-order valence-corrected chi connectivity index (χ0v) is 10.2. The van der Waals surface area contributed by atoms with Gasteiger partial charge in [0.2, 0.25) is 0 Å². The van der Waals surface area contributed by atoms with Gasteiger partial charge in [0.1, 0.15) is 24.8 Å². The zero-order chi connectivity index (χ0) is 13.8.